The van der Waals surface area contributed by atoms with Gasteiger partial charge in [0, 0.05) is 0 Å². The first-order chi connectivity index (χ1) is 14.9. The van der Waals surface area contributed by atoms with Crippen LogP contribution in [0.2, 0.25) is 0 Å². The van der Waals surface area contributed by atoms with E-state index in [2.05, 4.69) is 10.6 Å². The minimum Gasteiger partial charge on any atom is -0.388 e. The second-order valence-corrected chi connectivity index (χ2v) is 10.7. The van der Waals surface area contributed by atoms with Crippen LogP contribution in [0.3, 0.4) is 0 Å². The molecule has 6 heteroatoms. The molecule has 6 nitrogen and oxygen atoms in total. The van der Waals surface area contributed by atoms with Gasteiger partial charge in [0.2, 0.25) is 11.8 Å². The molecule has 0 bridgehead atoms. The van der Waals surface area contributed by atoms with Crippen molar-refractivity contribution in [3.63, 3.8) is 0 Å². The van der Waals surface area contributed by atoms with Gasteiger partial charge in [-0.25, -0.2) is 0 Å². The maximum Gasteiger partial charge on any atom is 0.236 e. The van der Waals surface area contributed by atoms with Gasteiger partial charge in [0.05, 0.1) is 23.3 Å². The predicted molar refractivity (Wildman–Crippen MR) is 130 cm³/mol. The minimum absolute atomic E-state index is 0.0289. The van der Waals surface area contributed by atoms with Crippen LogP contribution in [0, 0.1) is 17.3 Å². The maximum atomic E-state index is 13.7. The number of nitrogens with one attached hydrogen (secondary N) is 2. The molecule has 1 saturated carbocycles. The van der Waals surface area contributed by atoms with Crippen molar-refractivity contribution in [3.05, 3.63) is 0 Å². The van der Waals surface area contributed by atoms with Crippen LogP contribution in [-0.4, -0.2) is 45.3 Å². The first-order valence-corrected chi connectivity index (χ1v) is 12.9. The molecule has 0 aliphatic heterocycles. The predicted octanol–water partition coefficient (Wildman–Crippen LogP) is 4.32. The Bertz CT molecular complexity index is 557. The van der Waals surface area contributed by atoms with E-state index in [9.17, 15) is 19.8 Å². The van der Waals surface area contributed by atoms with E-state index >= 15 is 0 Å². The van der Waals surface area contributed by atoms with E-state index in [-0.39, 0.29) is 23.7 Å². The van der Waals surface area contributed by atoms with Gasteiger partial charge in [-0.15, -0.1) is 0 Å². The summed E-state index contributed by atoms with van der Waals surface area (Å²) >= 11 is 0. The number of hydrogen-bond acceptors (Lipinski definition) is 4. The highest BCUT2D eigenvalue weighted by Crippen LogP contribution is 2.39. The lowest BCUT2D eigenvalue weighted by molar-refractivity contribution is -0.151. The molecule has 32 heavy (non-hydrogen) atoms. The highest BCUT2D eigenvalue weighted by Gasteiger charge is 2.50. The molecule has 0 aromatic rings. The zero-order valence-electron chi connectivity index (χ0n) is 21.9. The molecule has 0 saturated heterocycles. The zero-order valence-corrected chi connectivity index (χ0v) is 21.9. The molecule has 0 aromatic carbocycles. The molecule has 0 radical (unpaired) electrons. The average molecular weight is 455 g/mol. The van der Waals surface area contributed by atoms with Gasteiger partial charge < -0.3 is 20.8 Å². The smallest absolute Gasteiger partial charge is 0.236 e. The lowest BCUT2D eigenvalue weighted by atomic mass is 9.71. The van der Waals surface area contributed by atoms with Crippen LogP contribution >= 0.6 is 0 Å². The normalized spacial score (nSPS) is 19.0. The standard InChI is InChI=1S/C26H50N2O4/c1-9-25(31,10-2)20(18(5)6)27-22(29)24(16-14-13-15-17-24)23(30)28-21(19(7)8)26(32,11-3)12-4/h18-21,31-32H,9-17H2,1-8H3,(H,27,29)(H,28,30)/t20-,21-/m1/s1. The Hall–Kier alpha value is -1.14. The second-order valence-electron chi connectivity index (χ2n) is 10.7. The second kappa shape index (κ2) is 11.8. The molecule has 2 amide bonds. The molecule has 1 aliphatic rings. The molecule has 0 spiro atoms. The Morgan fingerprint density at radius 3 is 1.28 bits per heavy atom. The van der Waals surface area contributed by atoms with Crippen LogP contribution in [0.25, 0.3) is 0 Å². The minimum atomic E-state index is -1.16. The number of rotatable bonds is 12. The third-order valence-corrected chi connectivity index (χ3v) is 8.09. The van der Waals surface area contributed by atoms with Crippen LogP contribution in [-0.2, 0) is 9.59 Å². The number of hydrogen-bond donors (Lipinski definition) is 4. The van der Waals surface area contributed by atoms with E-state index in [4.69, 9.17) is 0 Å². The number of carbonyl (C=O) groups is 2. The first kappa shape index (κ1) is 28.9. The van der Waals surface area contributed by atoms with Crippen molar-refractivity contribution >= 4 is 11.8 Å². The zero-order chi connectivity index (χ0) is 24.7. The Morgan fingerprint density at radius 1 is 0.719 bits per heavy atom. The van der Waals surface area contributed by atoms with Gasteiger partial charge in [-0.3, -0.25) is 9.59 Å². The van der Waals surface area contributed by atoms with E-state index in [1.165, 1.54) is 0 Å². The van der Waals surface area contributed by atoms with Gasteiger partial charge in [0.25, 0.3) is 0 Å². The fraction of sp³-hybridized carbons (Fsp3) is 0.923. The van der Waals surface area contributed by atoms with Crippen molar-refractivity contribution in [3.8, 4) is 0 Å². The Kier molecular flexibility index (Phi) is 10.7. The molecule has 2 atom stereocenters. The molecule has 188 valence electrons. The van der Waals surface area contributed by atoms with E-state index in [0.717, 1.165) is 19.3 Å². The molecule has 1 aliphatic carbocycles. The summed E-state index contributed by atoms with van der Waals surface area (Å²) in [7, 11) is 0. The Morgan fingerprint density at radius 2 is 1.03 bits per heavy atom. The molecule has 1 rings (SSSR count). The molecule has 0 aromatic heterocycles. The van der Waals surface area contributed by atoms with Crippen LogP contribution in [0.1, 0.15) is 113 Å². The monoisotopic (exact) mass is 454 g/mol. The first-order valence-electron chi connectivity index (χ1n) is 12.9. The van der Waals surface area contributed by atoms with E-state index in [1.807, 2.05) is 55.4 Å². The van der Waals surface area contributed by atoms with Gasteiger partial charge in [-0.1, -0.05) is 74.7 Å². The van der Waals surface area contributed by atoms with Crippen LogP contribution in [0.5, 0.6) is 0 Å². The molecule has 1 fully saturated rings. The fourth-order valence-corrected chi connectivity index (χ4v) is 5.49. The molecule has 0 unspecified atom stereocenters. The van der Waals surface area contributed by atoms with Gasteiger partial charge in [-0.2, -0.15) is 0 Å². The van der Waals surface area contributed by atoms with Crippen molar-refractivity contribution in [2.45, 2.75) is 136 Å². The topological polar surface area (TPSA) is 98.7 Å². The molecule has 0 heterocycles. The fourth-order valence-electron chi connectivity index (χ4n) is 5.49. The summed E-state index contributed by atoms with van der Waals surface area (Å²) in [5.41, 5.74) is -3.19. The summed E-state index contributed by atoms with van der Waals surface area (Å²) in [6, 6.07) is -0.860. The van der Waals surface area contributed by atoms with Crippen molar-refractivity contribution in [1.82, 2.24) is 10.6 Å². The summed E-state index contributed by atoms with van der Waals surface area (Å²) in [6.07, 6.45) is 5.74. The van der Waals surface area contributed by atoms with Crippen molar-refractivity contribution in [1.29, 1.82) is 0 Å². The number of carbonyl (C=O) groups excluding carboxylic acids is 2. The van der Waals surface area contributed by atoms with Gasteiger partial charge >= 0.3 is 0 Å². The average Bonchev–Trinajstić information content (AvgIpc) is 2.79. The van der Waals surface area contributed by atoms with Crippen molar-refractivity contribution in [2.24, 2.45) is 17.3 Å². The van der Waals surface area contributed by atoms with Gasteiger partial charge in [0.1, 0.15) is 5.41 Å². The Balaban J connectivity index is 3.29. The Labute approximate surface area is 196 Å². The number of amides is 2. The summed E-state index contributed by atoms with van der Waals surface area (Å²) < 4.78 is 0. The summed E-state index contributed by atoms with van der Waals surface area (Å²) in [6.45, 7) is 15.7. The summed E-state index contributed by atoms with van der Waals surface area (Å²) in [5.74, 6) is -0.511. The van der Waals surface area contributed by atoms with Gasteiger partial charge in [0.15, 0.2) is 0 Å². The summed E-state index contributed by atoms with van der Waals surface area (Å²) in [5, 5.41) is 28.6. The highest BCUT2D eigenvalue weighted by atomic mass is 16.3. The van der Waals surface area contributed by atoms with E-state index < -0.39 is 28.7 Å². The third-order valence-electron chi connectivity index (χ3n) is 8.09. The van der Waals surface area contributed by atoms with Crippen LogP contribution in [0.4, 0.5) is 0 Å². The third kappa shape index (κ3) is 6.05. The van der Waals surface area contributed by atoms with Crippen molar-refractivity contribution in [2.75, 3.05) is 0 Å². The lowest BCUT2D eigenvalue weighted by Crippen LogP contribution is -2.63. The van der Waals surface area contributed by atoms with E-state index in [1.54, 1.807) is 0 Å². The molecular weight excluding hydrogens is 404 g/mol. The summed E-state index contributed by atoms with van der Waals surface area (Å²) in [4.78, 5) is 27.5. The number of aliphatic hydroxyl groups is 2. The molecule has 4 N–H and O–H groups in total. The highest BCUT2D eigenvalue weighted by molar-refractivity contribution is 6.05. The van der Waals surface area contributed by atoms with E-state index in [0.29, 0.717) is 38.5 Å². The van der Waals surface area contributed by atoms with Crippen molar-refractivity contribution < 1.29 is 19.8 Å². The lowest BCUT2D eigenvalue weighted by Gasteiger charge is -2.44. The SMILES string of the molecule is CCC(O)(CC)[C@H](NC(=O)C1(C(=O)N[C@H](C(C)C)C(O)(CC)CC)CCCCC1)C(C)C. The molecular formula is C26H50N2O4. The maximum absolute atomic E-state index is 13.7. The van der Waals surface area contributed by atoms with Crippen LogP contribution in [0.15, 0.2) is 0 Å². The quantitative estimate of drug-likeness (QED) is 0.330. The largest absolute Gasteiger partial charge is 0.388 e. The van der Waals surface area contributed by atoms with Gasteiger partial charge in [-0.05, 0) is 50.4 Å². The van der Waals surface area contributed by atoms with Crippen LogP contribution < -0.4 is 10.6 Å².